The first-order valence-corrected chi connectivity index (χ1v) is 9.45. The molecule has 2 nitrogen and oxygen atoms in total. The summed E-state index contributed by atoms with van der Waals surface area (Å²) in [5.74, 6) is 1.96. The number of benzene rings is 1. The van der Waals surface area contributed by atoms with Crippen molar-refractivity contribution in [2.24, 2.45) is 0 Å². The minimum atomic E-state index is -0.556. The topological polar surface area (TPSA) is 18.5 Å². The highest BCUT2D eigenvalue weighted by Gasteiger charge is 2.41. The van der Waals surface area contributed by atoms with Crippen LogP contribution < -0.4 is 5.19 Å². The van der Waals surface area contributed by atoms with Gasteiger partial charge in [-0.05, 0) is 31.1 Å². The van der Waals surface area contributed by atoms with Gasteiger partial charge >= 0.3 is 0 Å². The summed E-state index contributed by atoms with van der Waals surface area (Å²) in [5.41, 5.74) is 0.986. The van der Waals surface area contributed by atoms with Crippen LogP contribution in [0.25, 0.3) is 0 Å². The number of hydrogen-bond acceptors (Lipinski definition) is 2. The van der Waals surface area contributed by atoms with Crippen LogP contribution in [0.15, 0.2) is 47.9 Å². The lowest BCUT2D eigenvalue weighted by Crippen LogP contribution is -2.39. The summed E-state index contributed by atoms with van der Waals surface area (Å²) >= 11 is 0. The van der Waals surface area contributed by atoms with Crippen molar-refractivity contribution in [1.82, 2.24) is 0 Å². The minimum Gasteiger partial charge on any atom is -0.500 e. The third kappa shape index (κ3) is 2.31. The number of allylic oxidation sites excluding steroid dienone is 2. The second-order valence-corrected chi connectivity index (χ2v) is 7.99. The zero-order valence-electron chi connectivity index (χ0n) is 13.0. The zero-order chi connectivity index (χ0) is 14.8. The molecule has 0 atom stereocenters. The molecule has 107 valence electrons. The van der Waals surface area contributed by atoms with Gasteiger partial charge < -0.3 is 9.47 Å². The van der Waals surface area contributed by atoms with Gasteiger partial charge in [-0.15, -0.1) is 0 Å². The van der Waals surface area contributed by atoms with Gasteiger partial charge in [-0.1, -0.05) is 42.5 Å². The van der Waals surface area contributed by atoms with E-state index in [9.17, 15) is 0 Å². The molecule has 0 amide bonds. The summed E-state index contributed by atoms with van der Waals surface area (Å²) in [7, 11) is 2.93. The molecule has 0 heterocycles. The molecule has 1 aliphatic rings. The molecule has 2 rings (SSSR count). The van der Waals surface area contributed by atoms with E-state index in [2.05, 4.69) is 56.4 Å². The van der Waals surface area contributed by atoms with Crippen molar-refractivity contribution in [2.75, 3.05) is 14.2 Å². The highest BCUT2D eigenvalue weighted by Crippen LogP contribution is 2.41. The Morgan fingerprint density at radius 2 is 1.55 bits per heavy atom. The normalized spacial score (nSPS) is 17.5. The van der Waals surface area contributed by atoms with E-state index in [0.29, 0.717) is 0 Å². The molecule has 0 aliphatic heterocycles. The van der Waals surface area contributed by atoms with Crippen LogP contribution in [0.4, 0.5) is 0 Å². The van der Waals surface area contributed by atoms with Crippen LogP contribution in [-0.4, -0.2) is 23.0 Å². The lowest BCUT2D eigenvalue weighted by molar-refractivity contribution is 0.175. The Balaban J connectivity index is 2.65. The lowest BCUT2D eigenvalue weighted by Gasteiger charge is -2.37. The summed E-state index contributed by atoms with van der Waals surface area (Å²) in [5, 5.41) is 1.44. The number of hydrogen-bond donors (Lipinski definition) is 0. The van der Waals surface area contributed by atoms with Gasteiger partial charge in [0.1, 0.15) is 16.9 Å². The van der Waals surface area contributed by atoms with E-state index in [1.807, 2.05) is 0 Å². The van der Waals surface area contributed by atoms with E-state index in [-0.39, 0.29) is 5.41 Å². The van der Waals surface area contributed by atoms with Crippen molar-refractivity contribution in [3.05, 3.63) is 53.5 Å². The predicted octanol–water partition coefficient (Wildman–Crippen LogP) is 3.37. The van der Waals surface area contributed by atoms with Crippen LogP contribution >= 0.6 is 0 Å². The van der Waals surface area contributed by atoms with Crippen LogP contribution in [0, 0.1) is 0 Å². The lowest BCUT2D eigenvalue weighted by atomic mass is 9.75. The average Bonchev–Trinajstić information content (AvgIpc) is 2.47. The molecule has 0 spiro atoms. The first-order chi connectivity index (χ1) is 9.55. The summed E-state index contributed by atoms with van der Waals surface area (Å²) in [4.78, 5) is 0. The Morgan fingerprint density at radius 1 is 1.00 bits per heavy atom. The van der Waals surface area contributed by atoms with E-state index in [4.69, 9.17) is 9.47 Å². The maximum atomic E-state index is 5.68. The van der Waals surface area contributed by atoms with Gasteiger partial charge in [0.25, 0.3) is 0 Å². The average molecular weight is 287 g/mol. The van der Waals surface area contributed by atoms with Crippen molar-refractivity contribution in [3.8, 4) is 0 Å². The second kappa shape index (κ2) is 5.88. The summed E-state index contributed by atoms with van der Waals surface area (Å²) in [6.45, 7) is 6.84. The van der Waals surface area contributed by atoms with Gasteiger partial charge in [0, 0.05) is 0 Å². The highest BCUT2D eigenvalue weighted by molar-refractivity contribution is 6.71. The van der Waals surface area contributed by atoms with E-state index in [1.54, 1.807) is 14.2 Å². The van der Waals surface area contributed by atoms with Crippen LogP contribution in [0.3, 0.4) is 0 Å². The molecule has 0 bridgehead atoms. The van der Waals surface area contributed by atoms with E-state index in [1.165, 1.54) is 10.8 Å². The zero-order valence-corrected chi connectivity index (χ0v) is 14.0. The Hall–Kier alpha value is -1.48. The maximum Gasteiger partial charge on any atom is 0.110 e. The van der Waals surface area contributed by atoms with Crippen molar-refractivity contribution < 1.29 is 9.47 Å². The van der Waals surface area contributed by atoms with E-state index >= 15 is 0 Å². The molecule has 0 fully saturated rings. The Bertz CT molecular complexity index is 524. The first-order valence-electron chi connectivity index (χ1n) is 6.95. The summed E-state index contributed by atoms with van der Waals surface area (Å²) in [6.07, 6.45) is 5.16. The van der Waals surface area contributed by atoms with Gasteiger partial charge in [0.2, 0.25) is 0 Å². The molecule has 0 N–H and O–H groups in total. The molecule has 0 unspecified atom stereocenters. The molecule has 1 radical (unpaired) electrons. The Kier molecular flexibility index (Phi) is 4.38. The predicted molar refractivity (Wildman–Crippen MR) is 85.7 cm³/mol. The highest BCUT2D eigenvalue weighted by atomic mass is 28.3. The quantitative estimate of drug-likeness (QED) is 0.791. The molecule has 1 aromatic rings. The number of methoxy groups -OCH3 is 2. The third-order valence-electron chi connectivity index (χ3n) is 4.04. The molecule has 1 aromatic carbocycles. The van der Waals surface area contributed by atoms with Gasteiger partial charge in [0.15, 0.2) is 0 Å². The fourth-order valence-corrected chi connectivity index (χ4v) is 4.30. The van der Waals surface area contributed by atoms with Crippen molar-refractivity contribution in [3.63, 3.8) is 0 Å². The SMILES string of the molecule is COC1=CCC=C(OC)C1(C)c1ccccc1[Si](C)C. The van der Waals surface area contributed by atoms with Crippen LogP contribution in [0.1, 0.15) is 18.9 Å². The molecular weight excluding hydrogens is 264 g/mol. The molecule has 20 heavy (non-hydrogen) atoms. The molecule has 1 aliphatic carbocycles. The molecular formula is C17H23O2Si. The molecule has 0 saturated heterocycles. The molecule has 3 heteroatoms. The fraction of sp³-hybridized carbons (Fsp3) is 0.412. The van der Waals surface area contributed by atoms with Gasteiger partial charge in [-0.2, -0.15) is 0 Å². The number of rotatable bonds is 4. The van der Waals surface area contributed by atoms with Crippen LogP contribution in [-0.2, 0) is 14.9 Å². The molecule has 0 aromatic heterocycles. The minimum absolute atomic E-state index is 0.319. The van der Waals surface area contributed by atoms with Gasteiger partial charge in [-0.3, -0.25) is 0 Å². The standard InChI is InChI=1S/C17H23O2Si/c1-17(13-9-6-7-10-14(13)20(4)5)15(18-2)11-8-12-16(17)19-3/h6-7,9-12H,8H2,1-5H3. The van der Waals surface area contributed by atoms with Crippen molar-refractivity contribution >= 4 is 14.0 Å². The maximum absolute atomic E-state index is 5.68. The summed E-state index contributed by atoms with van der Waals surface area (Å²) in [6, 6.07) is 8.67. The third-order valence-corrected chi connectivity index (χ3v) is 5.55. The van der Waals surface area contributed by atoms with Crippen LogP contribution in [0.2, 0.25) is 13.1 Å². The fourth-order valence-electron chi connectivity index (χ4n) is 3.00. The smallest absolute Gasteiger partial charge is 0.110 e. The molecule has 0 saturated carbocycles. The Morgan fingerprint density at radius 3 is 2.05 bits per heavy atom. The number of ether oxygens (including phenoxy) is 2. The Labute approximate surface area is 123 Å². The monoisotopic (exact) mass is 287 g/mol. The van der Waals surface area contributed by atoms with Gasteiger partial charge in [-0.25, -0.2) is 0 Å². The van der Waals surface area contributed by atoms with E-state index in [0.717, 1.165) is 17.9 Å². The van der Waals surface area contributed by atoms with Crippen LogP contribution in [0.5, 0.6) is 0 Å². The first kappa shape index (κ1) is 14.9. The van der Waals surface area contributed by atoms with Crippen molar-refractivity contribution in [2.45, 2.75) is 31.9 Å². The van der Waals surface area contributed by atoms with E-state index < -0.39 is 8.80 Å². The summed E-state index contributed by atoms with van der Waals surface area (Å²) < 4.78 is 11.4. The largest absolute Gasteiger partial charge is 0.500 e. The van der Waals surface area contributed by atoms with Gasteiger partial charge in [0.05, 0.1) is 23.0 Å². The second-order valence-electron chi connectivity index (χ2n) is 5.45. The van der Waals surface area contributed by atoms with Crippen molar-refractivity contribution in [1.29, 1.82) is 0 Å².